The van der Waals surface area contributed by atoms with Crippen molar-refractivity contribution in [1.82, 2.24) is 9.55 Å². The van der Waals surface area contributed by atoms with E-state index in [0.29, 0.717) is 25.4 Å². The van der Waals surface area contributed by atoms with Crippen molar-refractivity contribution < 1.29 is 17.6 Å². The number of halogens is 4. The Morgan fingerprint density at radius 1 is 1.00 bits per heavy atom. The van der Waals surface area contributed by atoms with Gasteiger partial charge in [0.2, 0.25) is 6.71 Å². The predicted octanol–water partition coefficient (Wildman–Crippen LogP) is 5.95. The molecule has 0 saturated heterocycles. The van der Waals surface area contributed by atoms with Crippen molar-refractivity contribution in [2.24, 2.45) is 0 Å². The van der Waals surface area contributed by atoms with Crippen molar-refractivity contribution in [2.45, 2.75) is 38.8 Å². The molecule has 3 rings (SSSR count). The number of hydrogen-bond acceptors (Lipinski definition) is 1. The Morgan fingerprint density at radius 3 is 2.06 bits per heavy atom. The zero-order valence-electron chi connectivity index (χ0n) is 18.0. The molecule has 1 heterocycles. The topological polar surface area (TPSA) is 17.8 Å². The standard InChI is InChI=1S/C17H16BF3.C8H11FN2/c19-17(20,21)13-7-8-14-18(15-9-3-1-4-10-15)16-11-5-2-6-12-16;1-2-3-8(9)6-11-5-4-10-7-11/h1-7,9-13H,8,14H2;3-5,7H,2,6H2,1H3. The highest BCUT2D eigenvalue weighted by Gasteiger charge is 2.22. The van der Waals surface area contributed by atoms with Gasteiger partial charge in [0.15, 0.2) is 0 Å². The molecular formula is C25H27BF4N2. The largest absolute Gasteiger partial charge is 0.409 e. The zero-order valence-corrected chi connectivity index (χ0v) is 18.0. The number of allylic oxidation sites excluding steroid dienone is 4. The molecule has 0 unspecified atom stereocenters. The summed E-state index contributed by atoms with van der Waals surface area (Å²) < 4.78 is 50.9. The number of alkyl halides is 3. The van der Waals surface area contributed by atoms with E-state index in [0.717, 1.165) is 17.3 Å². The maximum Gasteiger partial charge on any atom is 0.409 e. The van der Waals surface area contributed by atoms with Crippen LogP contribution in [-0.4, -0.2) is 22.4 Å². The summed E-state index contributed by atoms with van der Waals surface area (Å²) in [7, 11) is 0. The van der Waals surface area contributed by atoms with Gasteiger partial charge < -0.3 is 4.57 Å². The van der Waals surface area contributed by atoms with E-state index in [-0.39, 0.29) is 12.5 Å². The van der Waals surface area contributed by atoms with E-state index in [4.69, 9.17) is 0 Å². The Labute approximate surface area is 187 Å². The van der Waals surface area contributed by atoms with Gasteiger partial charge in [0, 0.05) is 18.5 Å². The van der Waals surface area contributed by atoms with Crippen LogP contribution >= 0.6 is 0 Å². The molecule has 168 valence electrons. The maximum atomic E-state index is 12.8. The minimum Gasteiger partial charge on any atom is -0.331 e. The van der Waals surface area contributed by atoms with Crippen molar-refractivity contribution in [3.05, 3.63) is 103 Å². The fourth-order valence-electron chi connectivity index (χ4n) is 3.22. The van der Waals surface area contributed by atoms with Gasteiger partial charge in [-0.1, -0.05) is 97.0 Å². The lowest BCUT2D eigenvalue weighted by Gasteiger charge is -2.13. The SMILES string of the molecule is CCC=C(F)Cn1ccnc1.FC(F)(F)C=CCCB(c1ccccc1)c1ccccc1. The minimum absolute atomic E-state index is 0.106. The quantitative estimate of drug-likeness (QED) is 0.240. The smallest absolute Gasteiger partial charge is 0.331 e. The molecular weight excluding hydrogens is 415 g/mol. The third-order valence-electron chi connectivity index (χ3n) is 4.65. The third-order valence-corrected chi connectivity index (χ3v) is 4.65. The highest BCUT2D eigenvalue weighted by atomic mass is 19.4. The molecule has 0 radical (unpaired) electrons. The fourth-order valence-corrected chi connectivity index (χ4v) is 3.22. The summed E-state index contributed by atoms with van der Waals surface area (Å²) in [6.07, 6.45) is 5.63. The van der Waals surface area contributed by atoms with Gasteiger partial charge in [-0.15, -0.1) is 0 Å². The zero-order chi connectivity index (χ0) is 23.2. The Kier molecular flexibility index (Phi) is 10.5. The van der Waals surface area contributed by atoms with Crippen LogP contribution in [0.15, 0.2) is 103 Å². The van der Waals surface area contributed by atoms with E-state index in [9.17, 15) is 17.6 Å². The second-order valence-electron chi connectivity index (χ2n) is 7.19. The van der Waals surface area contributed by atoms with Crippen molar-refractivity contribution in [3.63, 3.8) is 0 Å². The first-order valence-electron chi connectivity index (χ1n) is 10.5. The summed E-state index contributed by atoms with van der Waals surface area (Å²) in [6.45, 7) is 2.33. The minimum atomic E-state index is -4.23. The van der Waals surface area contributed by atoms with Crippen molar-refractivity contribution in [3.8, 4) is 0 Å². The Balaban J connectivity index is 0.000000278. The Morgan fingerprint density at radius 2 is 1.59 bits per heavy atom. The molecule has 0 aliphatic carbocycles. The molecule has 3 aromatic rings. The summed E-state index contributed by atoms with van der Waals surface area (Å²) in [5.41, 5.74) is 2.26. The molecule has 0 N–H and O–H groups in total. The molecule has 0 spiro atoms. The third kappa shape index (κ3) is 9.81. The number of imidazole rings is 1. The lowest BCUT2D eigenvalue weighted by atomic mass is 9.38. The van der Waals surface area contributed by atoms with Gasteiger partial charge in [-0.25, -0.2) is 9.37 Å². The van der Waals surface area contributed by atoms with Crippen LogP contribution in [0.25, 0.3) is 0 Å². The van der Waals surface area contributed by atoms with Gasteiger partial charge in [0.05, 0.1) is 12.9 Å². The summed E-state index contributed by atoms with van der Waals surface area (Å²) in [6, 6.07) is 19.8. The molecule has 0 amide bonds. The van der Waals surface area contributed by atoms with Gasteiger partial charge in [-0.3, -0.25) is 0 Å². The average molecular weight is 442 g/mol. The highest BCUT2D eigenvalue weighted by Crippen LogP contribution is 2.16. The molecule has 32 heavy (non-hydrogen) atoms. The summed E-state index contributed by atoms with van der Waals surface area (Å²) in [5.74, 6) is -0.106. The second kappa shape index (κ2) is 13.4. The highest BCUT2D eigenvalue weighted by molar-refractivity contribution is 6.85. The first-order chi connectivity index (χ1) is 15.4. The van der Waals surface area contributed by atoms with E-state index in [1.807, 2.05) is 67.6 Å². The lowest BCUT2D eigenvalue weighted by Crippen LogP contribution is -2.41. The number of aromatic nitrogens is 2. The van der Waals surface area contributed by atoms with Crippen LogP contribution in [0.4, 0.5) is 17.6 Å². The summed E-state index contributed by atoms with van der Waals surface area (Å²) in [5, 5.41) is 0. The van der Waals surface area contributed by atoms with Crippen LogP contribution in [0.5, 0.6) is 0 Å². The van der Waals surface area contributed by atoms with Crippen molar-refractivity contribution in [2.75, 3.05) is 0 Å². The van der Waals surface area contributed by atoms with Gasteiger partial charge in [0.25, 0.3) is 0 Å². The fraction of sp³-hybridized carbons (Fsp3) is 0.240. The van der Waals surface area contributed by atoms with Crippen LogP contribution in [0.3, 0.4) is 0 Å². The van der Waals surface area contributed by atoms with E-state index >= 15 is 0 Å². The molecule has 0 atom stereocenters. The first kappa shape index (κ1) is 25.2. The summed E-state index contributed by atoms with van der Waals surface area (Å²) in [4.78, 5) is 3.80. The summed E-state index contributed by atoms with van der Waals surface area (Å²) >= 11 is 0. The molecule has 1 aromatic heterocycles. The van der Waals surface area contributed by atoms with Gasteiger partial charge >= 0.3 is 6.18 Å². The van der Waals surface area contributed by atoms with Crippen LogP contribution in [0, 0.1) is 0 Å². The van der Waals surface area contributed by atoms with Crippen LogP contribution in [0.1, 0.15) is 19.8 Å². The first-order valence-corrected chi connectivity index (χ1v) is 10.5. The Bertz CT molecular complexity index is 898. The number of benzene rings is 2. The molecule has 0 bridgehead atoms. The predicted molar refractivity (Wildman–Crippen MR) is 124 cm³/mol. The molecule has 2 aromatic carbocycles. The Hall–Kier alpha value is -3.09. The molecule has 7 heteroatoms. The lowest BCUT2D eigenvalue weighted by molar-refractivity contribution is -0.0800. The molecule has 2 nitrogen and oxygen atoms in total. The molecule has 0 aliphatic heterocycles. The van der Waals surface area contributed by atoms with E-state index < -0.39 is 6.18 Å². The van der Waals surface area contributed by atoms with Crippen molar-refractivity contribution >= 4 is 17.6 Å². The number of rotatable bonds is 8. The van der Waals surface area contributed by atoms with Crippen LogP contribution in [0.2, 0.25) is 6.32 Å². The number of nitrogens with zero attached hydrogens (tertiary/aromatic N) is 2. The molecule has 0 saturated carbocycles. The number of hydrogen-bond donors (Lipinski definition) is 0. The van der Waals surface area contributed by atoms with Crippen LogP contribution in [-0.2, 0) is 6.54 Å². The van der Waals surface area contributed by atoms with Crippen LogP contribution < -0.4 is 10.9 Å². The van der Waals surface area contributed by atoms with E-state index in [1.165, 1.54) is 6.08 Å². The molecule has 0 aliphatic rings. The average Bonchev–Trinajstić information content (AvgIpc) is 3.28. The van der Waals surface area contributed by atoms with Crippen molar-refractivity contribution in [1.29, 1.82) is 0 Å². The van der Waals surface area contributed by atoms with Gasteiger partial charge in [-0.05, 0) is 12.8 Å². The van der Waals surface area contributed by atoms with Gasteiger partial charge in [0.1, 0.15) is 5.83 Å². The normalized spacial score (nSPS) is 11.8. The van der Waals surface area contributed by atoms with E-state index in [2.05, 4.69) is 4.98 Å². The maximum absolute atomic E-state index is 12.8. The molecule has 0 fully saturated rings. The van der Waals surface area contributed by atoms with E-state index in [1.54, 1.807) is 29.4 Å². The van der Waals surface area contributed by atoms with Gasteiger partial charge in [-0.2, -0.15) is 13.2 Å². The second-order valence-corrected chi connectivity index (χ2v) is 7.19. The monoisotopic (exact) mass is 442 g/mol.